The number of nitro groups is 1. The molecular weight excluding hydrogens is 280 g/mol. The first kappa shape index (κ1) is 12.2. The van der Waals surface area contributed by atoms with Crippen LogP contribution in [0.15, 0.2) is 18.2 Å². The van der Waals surface area contributed by atoms with Gasteiger partial charge >= 0.3 is 5.69 Å². The molecule has 18 heavy (non-hydrogen) atoms. The zero-order chi connectivity index (χ0) is 13.1. The molecule has 0 N–H and O–H groups in total. The molecule has 7 nitrogen and oxygen atoms in total. The predicted molar refractivity (Wildman–Crippen MR) is 62.8 cm³/mol. The van der Waals surface area contributed by atoms with Gasteiger partial charge in [0.1, 0.15) is 0 Å². The van der Waals surface area contributed by atoms with E-state index in [1.54, 1.807) is 0 Å². The zero-order valence-corrected chi connectivity index (χ0v) is 10.1. The van der Waals surface area contributed by atoms with Crippen molar-refractivity contribution in [3.05, 3.63) is 39.0 Å². The van der Waals surface area contributed by atoms with E-state index in [1.807, 2.05) is 6.07 Å². The van der Waals surface area contributed by atoms with Crippen molar-refractivity contribution in [3.63, 3.8) is 0 Å². The lowest BCUT2D eigenvalue weighted by Crippen LogP contribution is -1.94. The molecule has 1 heterocycles. The van der Waals surface area contributed by atoms with Gasteiger partial charge in [0.05, 0.1) is 28.3 Å². The van der Waals surface area contributed by atoms with E-state index in [0.29, 0.717) is 0 Å². The number of benzene rings is 1. The molecule has 0 aliphatic carbocycles. The predicted octanol–water partition coefficient (Wildman–Crippen LogP) is 2.76. The van der Waals surface area contributed by atoms with E-state index in [4.69, 9.17) is 21.6 Å². The molecule has 2 rings (SSSR count). The summed E-state index contributed by atoms with van der Waals surface area (Å²) in [7, 11) is 0. The summed E-state index contributed by atoms with van der Waals surface area (Å²) < 4.78 is 12.6. The molecule has 0 unspecified atom stereocenters. The van der Waals surface area contributed by atoms with E-state index >= 15 is 0 Å². The molecule has 0 atom stereocenters. The summed E-state index contributed by atoms with van der Waals surface area (Å²) in [5.41, 5.74) is -0.172. The summed E-state index contributed by atoms with van der Waals surface area (Å²) in [5.74, 6) is -0.0527. The van der Waals surface area contributed by atoms with Crippen molar-refractivity contribution >= 4 is 29.0 Å². The third kappa shape index (κ3) is 2.37. The quantitative estimate of drug-likeness (QED) is 0.633. The maximum atomic E-state index is 10.9. The molecule has 0 fully saturated rings. The van der Waals surface area contributed by atoms with Crippen molar-refractivity contribution < 1.29 is 9.66 Å². The normalized spacial score (nSPS) is 9.78. The Morgan fingerprint density at radius 2 is 2.28 bits per heavy atom. The van der Waals surface area contributed by atoms with Gasteiger partial charge in [-0.15, -0.1) is 4.37 Å². The Morgan fingerprint density at radius 1 is 1.50 bits per heavy atom. The molecule has 90 valence electrons. The molecule has 9 heteroatoms. The monoisotopic (exact) mass is 282 g/mol. The molecular formula is C9H3ClN4O3S. The number of nitriles is 1. The van der Waals surface area contributed by atoms with Crippen LogP contribution in [0.5, 0.6) is 11.6 Å². The van der Waals surface area contributed by atoms with Crippen molar-refractivity contribution in [2.24, 2.45) is 0 Å². The third-order valence-electron chi connectivity index (χ3n) is 1.91. The average Bonchev–Trinajstić information content (AvgIpc) is 2.75. The smallest absolute Gasteiger partial charge is 0.312 e. The van der Waals surface area contributed by atoms with Crippen molar-refractivity contribution in [3.8, 4) is 17.7 Å². The summed E-state index contributed by atoms with van der Waals surface area (Å²) in [4.78, 5) is 10.2. The van der Waals surface area contributed by atoms with Gasteiger partial charge in [0.25, 0.3) is 5.88 Å². The summed E-state index contributed by atoms with van der Waals surface area (Å²) in [5, 5.41) is 19.6. The molecule has 2 aromatic rings. The summed E-state index contributed by atoms with van der Waals surface area (Å²) in [6.45, 7) is 0. The number of ether oxygens (including phenoxy) is 1. The maximum absolute atomic E-state index is 10.9. The molecule has 1 aromatic carbocycles. The van der Waals surface area contributed by atoms with Crippen molar-refractivity contribution in [2.75, 3.05) is 0 Å². The Labute approximate surface area is 110 Å². The number of rotatable bonds is 3. The lowest BCUT2D eigenvalue weighted by molar-refractivity contribution is -0.385. The van der Waals surface area contributed by atoms with E-state index in [1.165, 1.54) is 12.1 Å². The molecule has 1 aromatic heterocycles. The second-order valence-electron chi connectivity index (χ2n) is 3.01. The molecule has 0 amide bonds. The van der Waals surface area contributed by atoms with Crippen LogP contribution >= 0.6 is 23.3 Å². The van der Waals surface area contributed by atoms with Gasteiger partial charge in [0, 0.05) is 6.07 Å². The fourth-order valence-corrected chi connectivity index (χ4v) is 1.76. The van der Waals surface area contributed by atoms with E-state index in [-0.39, 0.29) is 28.0 Å². The van der Waals surface area contributed by atoms with Crippen molar-refractivity contribution in [2.45, 2.75) is 0 Å². The Balaban J connectivity index is 2.42. The van der Waals surface area contributed by atoms with Crippen LogP contribution in [-0.2, 0) is 0 Å². The number of halogens is 1. The highest BCUT2D eigenvalue weighted by atomic mass is 35.5. The van der Waals surface area contributed by atoms with Gasteiger partial charge in [-0.05, 0) is 12.1 Å². The first-order chi connectivity index (χ1) is 8.61. The molecule has 0 aliphatic heterocycles. The largest absolute Gasteiger partial charge is 0.428 e. The van der Waals surface area contributed by atoms with Gasteiger partial charge < -0.3 is 4.74 Å². The fraction of sp³-hybridized carbons (Fsp3) is 0. The number of hydrogen-bond donors (Lipinski definition) is 0. The molecule has 0 saturated heterocycles. The standard InChI is InChI=1S/C9H3ClN4O3S/c10-8-9(13-18-12-8)17-7-2-1-5(4-11)3-6(7)14(15)16/h1-3H. The van der Waals surface area contributed by atoms with Crippen molar-refractivity contribution in [1.29, 1.82) is 5.26 Å². The summed E-state index contributed by atoms with van der Waals surface area (Å²) >= 11 is 6.50. The molecule has 0 radical (unpaired) electrons. The Bertz CT molecular complexity index is 652. The minimum absolute atomic E-state index is 0.00512. The minimum Gasteiger partial charge on any atom is -0.428 e. The molecule has 0 bridgehead atoms. The van der Waals surface area contributed by atoms with Gasteiger partial charge in [0.15, 0.2) is 0 Å². The lowest BCUT2D eigenvalue weighted by atomic mass is 10.2. The van der Waals surface area contributed by atoms with Crippen LogP contribution in [0, 0.1) is 21.4 Å². The second kappa shape index (κ2) is 4.95. The topological polar surface area (TPSA) is 102 Å². The van der Waals surface area contributed by atoms with Gasteiger partial charge in [0.2, 0.25) is 10.9 Å². The molecule has 0 spiro atoms. The number of aromatic nitrogens is 2. The third-order valence-corrected chi connectivity index (χ3v) is 2.77. The highest BCUT2D eigenvalue weighted by molar-refractivity contribution is 6.99. The Kier molecular flexibility index (Phi) is 3.36. The second-order valence-corrected chi connectivity index (χ2v) is 3.90. The summed E-state index contributed by atoms with van der Waals surface area (Å²) in [6.07, 6.45) is 0. The fourth-order valence-electron chi connectivity index (χ4n) is 1.15. The highest BCUT2D eigenvalue weighted by Crippen LogP contribution is 2.34. The maximum Gasteiger partial charge on any atom is 0.312 e. The van der Waals surface area contributed by atoms with Crippen LogP contribution in [0.3, 0.4) is 0 Å². The summed E-state index contributed by atoms with van der Waals surface area (Å²) in [6, 6.07) is 5.63. The van der Waals surface area contributed by atoms with Crippen molar-refractivity contribution in [1.82, 2.24) is 8.75 Å². The SMILES string of the molecule is N#Cc1ccc(Oc2nsnc2Cl)c([N+](=O)[O-])c1. The van der Waals surface area contributed by atoms with E-state index in [9.17, 15) is 10.1 Å². The highest BCUT2D eigenvalue weighted by Gasteiger charge is 2.19. The lowest BCUT2D eigenvalue weighted by Gasteiger charge is -2.03. The first-order valence-electron chi connectivity index (χ1n) is 4.46. The molecule has 0 saturated carbocycles. The minimum atomic E-state index is -0.649. The average molecular weight is 283 g/mol. The Morgan fingerprint density at radius 3 is 2.83 bits per heavy atom. The molecule has 0 aliphatic rings. The number of nitro benzene ring substituents is 1. The Hall–Kier alpha value is -2.24. The van der Waals surface area contributed by atoms with Gasteiger partial charge in [-0.1, -0.05) is 11.6 Å². The first-order valence-corrected chi connectivity index (χ1v) is 5.57. The van der Waals surface area contributed by atoms with Gasteiger partial charge in [-0.25, -0.2) is 0 Å². The van der Waals surface area contributed by atoms with Crippen LogP contribution in [0.25, 0.3) is 0 Å². The number of hydrogen-bond acceptors (Lipinski definition) is 7. The van der Waals surface area contributed by atoms with Crippen LogP contribution < -0.4 is 4.74 Å². The van der Waals surface area contributed by atoms with E-state index < -0.39 is 4.92 Å². The van der Waals surface area contributed by atoms with Crippen LogP contribution in [0.1, 0.15) is 5.56 Å². The van der Waals surface area contributed by atoms with E-state index in [2.05, 4.69) is 8.75 Å². The van der Waals surface area contributed by atoms with E-state index in [0.717, 1.165) is 17.8 Å². The van der Waals surface area contributed by atoms with Crippen LogP contribution in [0.2, 0.25) is 5.15 Å². The van der Waals surface area contributed by atoms with Gasteiger partial charge in [-0.3, -0.25) is 10.1 Å². The van der Waals surface area contributed by atoms with Gasteiger partial charge in [-0.2, -0.15) is 9.64 Å². The van der Waals surface area contributed by atoms with Crippen LogP contribution in [0.4, 0.5) is 5.69 Å². The zero-order valence-electron chi connectivity index (χ0n) is 8.53. The number of nitrogens with zero attached hydrogens (tertiary/aromatic N) is 4. The van der Waals surface area contributed by atoms with Crippen LogP contribution in [-0.4, -0.2) is 13.7 Å².